The molecule has 0 saturated carbocycles. The van der Waals surface area contributed by atoms with Crippen molar-refractivity contribution in [2.45, 2.75) is 6.61 Å². The molecule has 18 heavy (non-hydrogen) atoms. The van der Waals surface area contributed by atoms with E-state index in [0.717, 1.165) is 15.8 Å². The summed E-state index contributed by atoms with van der Waals surface area (Å²) >= 11 is 3.38. The van der Waals surface area contributed by atoms with Crippen molar-refractivity contribution < 1.29 is 14.3 Å². The molecule has 0 bridgehead atoms. The third-order valence-corrected chi connectivity index (χ3v) is 2.57. The molecule has 0 aromatic heterocycles. The molecule has 0 spiro atoms. The number of ether oxygens (including phenoxy) is 2. The Morgan fingerprint density at radius 1 is 1.44 bits per heavy atom. The Bertz CT molecular complexity index is 410. The van der Waals surface area contributed by atoms with Crippen molar-refractivity contribution in [2.24, 2.45) is 0 Å². The maximum absolute atomic E-state index is 11.3. The fourth-order valence-electron chi connectivity index (χ4n) is 1.40. The monoisotopic (exact) mass is 316 g/mol. The number of benzene rings is 1. The summed E-state index contributed by atoms with van der Waals surface area (Å²) in [5.74, 6) is 0.556. The van der Waals surface area contributed by atoms with E-state index < -0.39 is 0 Å². The maximum Gasteiger partial charge on any atom is 0.260 e. The third-order valence-electron chi connectivity index (χ3n) is 2.08. The van der Waals surface area contributed by atoms with E-state index in [1.165, 1.54) is 0 Å². The van der Waals surface area contributed by atoms with E-state index >= 15 is 0 Å². The van der Waals surface area contributed by atoms with Crippen LogP contribution in [0.3, 0.4) is 0 Å². The summed E-state index contributed by atoms with van der Waals surface area (Å²) in [7, 11) is 5.09. The number of carbonyl (C=O) groups excluding carboxylic acids is 1. The van der Waals surface area contributed by atoms with Crippen LogP contribution < -0.4 is 10.2 Å². The SMILES string of the molecule is COc1ccc(Br)cc1COCC(=O)NN(C)C. The van der Waals surface area contributed by atoms with E-state index in [2.05, 4.69) is 21.4 Å². The van der Waals surface area contributed by atoms with Crippen molar-refractivity contribution >= 4 is 21.8 Å². The Morgan fingerprint density at radius 2 is 2.17 bits per heavy atom. The molecule has 0 heterocycles. The molecule has 0 fully saturated rings. The number of hydrogen-bond donors (Lipinski definition) is 1. The zero-order chi connectivity index (χ0) is 13.5. The summed E-state index contributed by atoms with van der Waals surface area (Å²) in [6, 6.07) is 5.65. The molecule has 1 rings (SSSR count). The van der Waals surface area contributed by atoms with E-state index in [1.807, 2.05) is 18.2 Å². The first-order valence-corrected chi connectivity index (χ1v) is 6.19. The van der Waals surface area contributed by atoms with Gasteiger partial charge in [-0.25, -0.2) is 5.01 Å². The smallest absolute Gasteiger partial charge is 0.260 e. The maximum atomic E-state index is 11.3. The van der Waals surface area contributed by atoms with Gasteiger partial charge in [-0.15, -0.1) is 0 Å². The summed E-state index contributed by atoms with van der Waals surface area (Å²) in [6.45, 7) is 0.331. The Balaban J connectivity index is 2.48. The van der Waals surface area contributed by atoms with Crippen LogP contribution in [0.2, 0.25) is 0 Å². The number of hydrogen-bond acceptors (Lipinski definition) is 4. The molecule has 0 atom stereocenters. The molecule has 5 nitrogen and oxygen atoms in total. The number of carbonyl (C=O) groups is 1. The highest BCUT2D eigenvalue weighted by Gasteiger charge is 2.06. The van der Waals surface area contributed by atoms with Gasteiger partial charge >= 0.3 is 0 Å². The van der Waals surface area contributed by atoms with Crippen LogP contribution in [0.15, 0.2) is 22.7 Å². The Morgan fingerprint density at radius 3 is 2.78 bits per heavy atom. The molecular formula is C12H17BrN2O3. The van der Waals surface area contributed by atoms with Gasteiger partial charge in [0, 0.05) is 24.1 Å². The number of halogens is 1. The predicted octanol–water partition coefficient (Wildman–Crippen LogP) is 1.57. The van der Waals surface area contributed by atoms with E-state index in [1.54, 1.807) is 26.2 Å². The zero-order valence-corrected chi connectivity index (χ0v) is 12.3. The minimum Gasteiger partial charge on any atom is -0.496 e. The first kappa shape index (κ1) is 14.9. The van der Waals surface area contributed by atoms with Crippen molar-refractivity contribution in [2.75, 3.05) is 27.8 Å². The number of amides is 1. The quantitative estimate of drug-likeness (QED) is 0.809. The van der Waals surface area contributed by atoms with E-state index in [9.17, 15) is 4.79 Å². The van der Waals surface area contributed by atoms with Crippen molar-refractivity contribution in [3.8, 4) is 5.75 Å². The van der Waals surface area contributed by atoms with Gasteiger partial charge in [-0.05, 0) is 18.2 Å². The molecule has 100 valence electrons. The second kappa shape index (κ2) is 7.35. The Hall–Kier alpha value is -1.11. The molecule has 1 aromatic carbocycles. The predicted molar refractivity (Wildman–Crippen MR) is 72.2 cm³/mol. The number of rotatable bonds is 6. The summed E-state index contributed by atoms with van der Waals surface area (Å²) in [5, 5.41) is 1.57. The molecule has 0 unspecified atom stereocenters. The lowest BCUT2D eigenvalue weighted by Crippen LogP contribution is -2.38. The zero-order valence-electron chi connectivity index (χ0n) is 10.7. The number of nitrogens with zero attached hydrogens (tertiary/aromatic N) is 1. The largest absolute Gasteiger partial charge is 0.496 e. The molecule has 1 N–H and O–H groups in total. The van der Waals surface area contributed by atoms with Crippen LogP contribution in [-0.2, 0) is 16.1 Å². The highest BCUT2D eigenvalue weighted by atomic mass is 79.9. The fraction of sp³-hybridized carbons (Fsp3) is 0.417. The van der Waals surface area contributed by atoms with E-state index in [-0.39, 0.29) is 12.5 Å². The average molecular weight is 317 g/mol. The molecule has 0 radical (unpaired) electrons. The van der Waals surface area contributed by atoms with Gasteiger partial charge in [-0.1, -0.05) is 15.9 Å². The lowest BCUT2D eigenvalue weighted by Gasteiger charge is -2.13. The highest BCUT2D eigenvalue weighted by molar-refractivity contribution is 9.10. The Kier molecular flexibility index (Phi) is 6.11. The topological polar surface area (TPSA) is 50.8 Å². The minimum absolute atomic E-state index is 0.00779. The minimum atomic E-state index is -0.186. The van der Waals surface area contributed by atoms with Gasteiger partial charge in [0.2, 0.25) is 0 Å². The average Bonchev–Trinajstić information content (AvgIpc) is 2.28. The highest BCUT2D eigenvalue weighted by Crippen LogP contribution is 2.23. The second-order valence-electron chi connectivity index (χ2n) is 3.88. The van der Waals surface area contributed by atoms with Crippen LogP contribution in [0.1, 0.15) is 5.56 Å². The van der Waals surface area contributed by atoms with E-state index in [4.69, 9.17) is 9.47 Å². The van der Waals surface area contributed by atoms with Gasteiger partial charge in [0.25, 0.3) is 5.91 Å². The second-order valence-corrected chi connectivity index (χ2v) is 4.79. The molecule has 0 saturated heterocycles. The van der Waals surface area contributed by atoms with Crippen molar-refractivity contribution in [3.05, 3.63) is 28.2 Å². The summed E-state index contributed by atoms with van der Waals surface area (Å²) in [6.07, 6.45) is 0. The molecule has 0 aliphatic heterocycles. The van der Waals surface area contributed by atoms with Gasteiger partial charge in [0.15, 0.2) is 0 Å². The lowest BCUT2D eigenvalue weighted by molar-refractivity contribution is -0.129. The molecule has 0 aliphatic rings. The number of hydrazine groups is 1. The van der Waals surface area contributed by atoms with Crippen LogP contribution >= 0.6 is 15.9 Å². The van der Waals surface area contributed by atoms with Crippen LogP contribution in [0.4, 0.5) is 0 Å². The lowest BCUT2D eigenvalue weighted by atomic mass is 10.2. The normalized spacial score (nSPS) is 10.5. The van der Waals surface area contributed by atoms with Crippen LogP contribution in [0.5, 0.6) is 5.75 Å². The molecule has 6 heteroatoms. The summed E-state index contributed by atoms with van der Waals surface area (Å²) in [4.78, 5) is 11.3. The standard InChI is InChI=1S/C12H17BrN2O3/c1-15(2)14-12(16)8-18-7-9-6-10(13)4-5-11(9)17-3/h4-6H,7-8H2,1-3H3,(H,14,16). The van der Waals surface area contributed by atoms with Gasteiger partial charge in [0.1, 0.15) is 12.4 Å². The van der Waals surface area contributed by atoms with Crippen LogP contribution in [0.25, 0.3) is 0 Å². The van der Waals surface area contributed by atoms with Crippen molar-refractivity contribution in [1.29, 1.82) is 0 Å². The van der Waals surface area contributed by atoms with E-state index in [0.29, 0.717) is 6.61 Å². The summed E-state index contributed by atoms with van der Waals surface area (Å²) < 4.78 is 11.5. The fourth-order valence-corrected chi connectivity index (χ4v) is 1.80. The Labute approximate surface area is 115 Å². The van der Waals surface area contributed by atoms with Crippen molar-refractivity contribution in [1.82, 2.24) is 10.4 Å². The third kappa shape index (κ3) is 5.03. The van der Waals surface area contributed by atoms with Crippen LogP contribution in [0, 0.1) is 0 Å². The van der Waals surface area contributed by atoms with Gasteiger partial charge in [-0.3, -0.25) is 10.2 Å². The first-order chi connectivity index (χ1) is 8.52. The first-order valence-electron chi connectivity index (χ1n) is 5.40. The number of nitrogens with one attached hydrogen (secondary N) is 1. The van der Waals surface area contributed by atoms with Crippen LogP contribution in [-0.4, -0.2) is 38.7 Å². The number of methoxy groups -OCH3 is 1. The van der Waals surface area contributed by atoms with Gasteiger partial charge < -0.3 is 9.47 Å². The van der Waals surface area contributed by atoms with Gasteiger partial charge in [-0.2, -0.15) is 0 Å². The molecule has 0 aliphatic carbocycles. The van der Waals surface area contributed by atoms with Gasteiger partial charge in [0.05, 0.1) is 13.7 Å². The molecular weight excluding hydrogens is 300 g/mol. The summed E-state index contributed by atoms with van der Waals surface area (Å²) in [5.41, 5.74) is 3.49. The molecule has 1 aromatic rings. The molecule has 1 amide bonds. The van der Waals surface area contributed by atoms with Crippen molar-refractivity contribution in [3.63, 3.8) is 0 Å².